The Morgan fingerprint density at radius 2 is 1.76 bits per heavy atom. The zero-order valence-electron chi connectivity index (χ0n) is 19.7. The minimum atomic E-state index is -0.765. The molecular weight excluding hydrogens is 433 g/mol. The quantitative estimate of drug-likeness (QED) is 0.425. The van der Waals surface area contributed by atoms with E-state index in [1.165, 1.54) is 24.6 Å². The number of hydrogen-bond acceptors (Lipinski definition) is 5. The molecule has 0 saturated heterocycles. The molecule has 1 aliphatic rings. The highest BCUT2D eigenvalue weighted by Crippen LogP contribution is 2.44. The van der Waals surface area contributed by atoms with E-state index in [0.29, 0.717) is 18.9 Å². The fourth-order valence-electron chi connectivity index (χ4n) is 4.16. The van der Waals surface area contributed by atoms with Gasteiger partial charge in [-0.1, -0.05) is 42.5 Å². The summed E-state index contributed by atoms with van der Waals surface area (Å²) in [5.74, 6) is 0.0575. The third-order valence-corrected chi connectivity index (χ3v) is 5.88. The van der Waals surface area contributed by atoms with Crippen LogP contribution in [0, 0.1) is 5.82 Å². The van der Waals surface area contributed by atoms with E-state index in [1.807, 2.05) is 50.2 Å². The molecule has 2 atom stereocenters. The number of rotatable bonds is 8. The first kappa shape index (κ1) is 23.8. The summed E-state index contributed by atoms with van der Waals surface area (Å²) in [5, 5.41) is 3.37. The third-order valence-electron chi connectivity index (χ3n) is 5.88. The van der Waals surface area contributed by atoms with Crippen molar-refractivity contribution in [2.45, 2.75) is 51.5 Å². The average Bonchev–Trinajstić information content (AvgIpc) is 2.81. The summed E-state index contributed by atoms with van der Waals surface area (Å²) < 4.78 is 31.5. The molecule has 3 aromatic rings. The number of fused-ring (bicyclic) bond motifs is 1. The molecule has 5 nitrogen and oxygen atoms in total. The van der Waals surface area contributed by atoms with E-state index < -0.39 is 17.8 Å². The minimum Gasteiger partial charge on any atom is -0.483 e. The molecule has 1 aliphatic heterocycles. The molecular formula is C28H30FNO4. The molecule has 6 heteroatoms. The minimum absolute atomic E-state index is 0.260. The molecule has 0 aromatic heterocycles. The molecule has 2 unspecified atom stereocenters. The van der Waals surface area contributed by atoms with Crippen LogP contribution in [0.1, 0.15) is 43.6 Å². The largest absolute Gasteiger partial charge is 0.483 e. The van der Waals surface area contributed by atoms with Gasteiger partial charge in [0.05, 0.1) is 6.61 Å². The van der Waals surface area contributed by atoms with E-state index in [1.54, 1.807) is 12.1 Å². The number of ether oxygens (including phenoxy) is 3. The van der Waals surface area contributed by atoms with Crippen LogP contribution in [-0.2, 0) is 27.2 Å². The molecule has 0 bridgehead atoms. The van der Waals surface area contributed by atoms with Crippen molar-refractivity contribution in [3.05, 3.63) is 95.3 Å². The Morgan fingerprint density at radius 3 is 2.47 bits per heavy atom. The normalized spacial score (nSPS) is 18.5. The van der Waals surface area contributed by atoms with Gasteiger partial charge in [0.15, 0.2) is 6.10 Å². The van der Waals surface area contributed by atoms with Gasteiger partial charge in [-0.05, 0) is 61.7 Å². The Kier molecular flexibility index (Phi) is 7.17. The molecule has 0 radical (unpaired) electrons. The van der Waals surface area contributed by atoms with Crippen LogP contribution in [-0.4, -0.2) is 24.3 Å². The van der Waals surface area contributed by atoms with Gasteiger partial charge in [0.1, 0.15) is 23.3 Å². The van der Waals surface area contributed by atoms with Crippen LogP contribution in [0.25, 0.3) is 0 Å². The summed E-state index contributed by atoms with van der Waals surface area (Å²) >= 11 is 0. The van der Waals surface area contributed by atoms with Crippen molar-refractivity contribution in [1.29, 1.82) is 0 Å². The smallest absolute Gasteiger partial charge is 0.303 e. The van der Waals surface area contributed by atoms with E-state index in [4.69, 9.17) is 14.2 Å². The number of benzene rings is 3. The standard InChI is InChI=1S/C28H30FNO4/c1-19(31)33-27-26(32-16-15-20-7-5-4-6-8-20)24-17-23(13-14-25(24)34-28(27,2)3)30-18-21-9-11-22(29)12-10-21/h4-14,17,26-27,30H,15-16,18H2,1-3H3. The Labute approximate surface area is 199 Å². The summed E-state index contributed by atoms with van der Waals surface area (Å²) in [4.78, 5) is 11.9. The van der Waals surface area contributed by atoms with Crippen molar-refractivity contribution in [3.8, 4) is 5.75 Å². The maximum Gasteiger partial charge on any atom is 0.303 e. The lowest BCUT2D eigenvalue weighted by molar-refractivity contribution is -0.182. The number of esters is 1. The van der Waals surface area contributed by atoms with Crippen LogP contribution < -0.4 is 10.1 Å². The molecule has 0 aliphatic carbocycles. The van der Waals surface area contributed by atoms with Crippen molar-refractivity contribution in [2.75, 3.05) is 11.9 Å². The van der Waals surface area contributed by atoms with E-state index in [-0.39, 0.29) is 11.8 Å². The second-order valence-corrected chi connectivity index (χ2v) is 9.00. The molecule has 3 aromatic carbocycles. The first-order chi connectivity index (χ1) is 16.3. The Morgan fingerprint density at radius 1 is 1.03 bits per heavy atom. The van der Waals surface area contributed by atoms with Gasteiger partial charge in [0.25, 0.3) is 0 Å². The monoisotopic (exact) mass is 463 g/mol. The van der Waals surface area contributed by atoms with Gasteiger partial charge in [-0.3, -0.25) is 4.79 Å². The van der Waals surface area contributed by atoms with Gasteiger partial charge in [0.2, 0.25) is 0 Å². The SMILES string of the molecule is CC(=O)OC1C(OCCc2ccccc2)c2cc(NCc3ccc(F)cc3)ccc2OC1(C)C. The second kappa shape index (κ2) is 10.3. The number of carbonyl (C=O) groups is 1. The van der Waals surface area contributed by atoms with E-state index in [0.717, 1.165) is 23.2 Å². The van der Waals surface area contributed by atoms with Gasteiger partial charge in [-0.15, -0.1) is 0 Å². The van der Waals surface area contributed by atoms with Crippen molar-refractivity contribution < 1.29 is 23.4 Å². The fourth-order valence-corrected chi connectivity index (χ4v) is 4.16. The predicted molar refractivity (Wildman–Crippen MR) is 129 cm³/mol. The van der Waals surface area contributed by atoms with Gasteiger partial charge in [0, 0.05) is 24.7 Å². The van der Waals surface area contributed by atoms with Gasteiger partial charge >= 0.3 is 5.97 Å². The average molecular weight is 464 g/mol. The maximum atomic E-state index is 13.2. The first-order valence-electron chi connectivity index (χ1n) is 11.5. The fraction of sp³-hybridized carbons (Fsp3) is 0.321. The predicted octanol–water partition coefficient (Wildman–Crippen LogP) is 5.84. The van der Waals surface area contributed by atoms with Crippen LogP contribution in [0.3, 0.4) is 0 Å². The number of hydrogen-bond donors (Lipinski definition) is 1. The van der Waals surface area contributed by atoms with Crippen LogP contribution in [0.4, 0.5) is 10.1 Å². The lowest BCUT2D eigenvalue weighted by Gasteiger charge is -2.43. The highest BCUT2D eigenvalue weighted by Gasteiger charge is 2.47. The lowest BCUT2D eigenvalue weighted by atomic mass is 9.87. The number of halogens is 1. The van der Waals surface area contributed by atoms with Gasteiger partial charge in [-0.25, -0.2) is 4.39 Å². The Bertz CT molecular complexity index is 1120. The van der Waals surface area contributed by atoms with Crippen molar-refractivity contribution in [3.63, 3.8) is 0 Å². The second-order valence-electron chi connectivity index (χ2n) is 9.00. The molecule has 178 valence electrons. The first-order valence-corrected chi connectivity index (χ1v) is 11.5. The molecule has 4 rings (SSSR count). The number of nitrogens with one attached hydrogen (secondary N) is 1. The third kappa shape index (κ3) is 5.75. The molecule has 0 spiro atoms. The molecule has 0 amide bonds. The summed E-state index contributed by atoms with van der Waals surface area (Å²) in [6.45, 7) is 6.20. The van der Waals surface area contributed by atoms with Gasteiger partial charge < -0.3 is 19.5 Å². The lowest BCUT2D eigenvalue weighted by Crippen LogP contribution is -2.51. The number of anilines is 1. The van der Waals surface area contributed by atoms with Gasteiger partial charge in [-0.2, -0.15) is 0 Å². The van der Waals surface area contributed by atoms with Crippen LogP contribution in [0.2, 0.25) is 0 Å². The van der Waals surface area contributed by atoms with Crippen LogP contribution in [0.15, 0.2) is 72.8 Å². The highest BCUT2D eigenvalue weighted by molar-refractivity contribution is 5.66. The van der Waals surface area contributed by atoms with E-state index >= 15 is 0 Å². The summed E-state index contributed by atoms with van der Waals surface area (Å²) in [7, 11) is 0. The highest BCUT2D eigenvalue weighted by atomic mass is 19.1. The van der Waals surface area contributed by atoms with E-state index in [9.17, 15) is 9.18 Å². The van der Waals surface area contributed by atoms with Crippen molar-refractivity contribution >= 4 is 11.7 Å². The van der Waals surface area contributed by atoms with Crippen LogP contribution >= 0.6 is 0 Å². The molecule has 0 saturated carbocycles. The molecule has 1 heterocycles. The summed E-state index contributed by atoms with van der Waals surface area (Å²) in [5.41, 5.74) is 3.06. The summed E-state index contributed by atoms with van der Waals surface area (Å²) in [6.07, 6.45) is -0.358. The van der Waals surface area contributed by atoms with E-state index in [2.05, 4.69) is 17.4 Å². The molecule has 1 N–H and O–H groups in total. The zero-order valence-corrected chi connectivity index (χ0v) is 19.7. The zero-order chi connectivity index (χ0) is 24.1. The number of carbonyl (C=O) groups excluding carboxylic acids is 1. The Hall–Kier alpha value is -3.38. The molecule has 0 fully saturated rings. The van der Waals surface area contributed by atoms with Crippen molar-refractivity contribution in [1.82, 2.24) is 0 Å². The van der Waals surface area contributed by atoms with Crippen LogP contribution in [0.5, 0.6) is 5.75 Å². The van der Waals surface area contributed by atoms with Crippen molar-refractivity contribution in [2.24, 2.45) is 0 Å². The maximum absolute atomic E-state index is 13.2. The molecule has 34 heavy (non-hydrogen) atoms. The Balaban J connectivity index is 1.57. The summed E-state index contributed by atoms with van der Waals surface area (Å²) in [6, 6.07) is 22.3. The topological polar surface area (TPSA) is 56.8 Å².